The van der Waals surface area contributed by atoms with E-state index in [-0.39, 0.29) is 18.1 Å². The zero-order chi connectivity index (χ0) is 17.1. The van der Waals surface area contributed by atoms with E-state index in [4.69, 9.17) is 9.26 Å². The highest BCUT2D eigenvalue weighted by Crippen LogP contribution is 2.26. The Morgan fingerprint density at radius 1 is 1.29 bits per heavy atom. The lowest BCUT2D eigenvalue weighted by molar-refractivity contribution is -0.0233. The third-order valence-electron chi connectivity index (χ3n) is 4.53. The molecule has 2 unspecified atom stereocenters. The smallest absolute Gasteiger partial charge is 0.257 e. The van der Waals surface area contributed by atoms with Crippen molar-refractivity contribution in [2.45, 2.75) is 45.8 Å². The molecular formula is C19H24N2O3. The van der Waals surface area contributed by atoms with Crippen LogP contribution in [-0.4, -0.2) is 29.8 Å². The minimum absolute atomic E-state index is 0.122. The van der Waals surface area contributed by atoms with Crippen molar-refractivity contribution in [2.24, 2.45) is 5.92 Å². The first kappa shape index (κ1) is 16.7. The number of ether oxygens (including phenoxy) is 1. The lowest BCUT2D eigenvalue weighted by atomic mass is 9.95. The maximum atomic E-state index is 12.8. The number of rotatable bonds is 4. The predicted molar refractivity (Wildman–Crippen MR) is 91.7 cm³/mol. The van der Waals surface area contributed by atoms with Gasteiger partial charge in [-0.3, -0.25) is 4.79 Å². The zero-order valence-electron chi connectivity index (χ0n) is 14.4. The van der Waals surface area contributed by atoms with E-state index in [1.807, 2.05) is 30.3 Å². The molecule has 128 valence electrons. The molecule has 2 aromatic rings. The Balaban J connectivity index is 1.77. The second-order valence-corrected chi connectivity index (χ2v) is 6.68. The fourth-order valence-electron chi connectivity index (χ4n) is 3.11. The molecular weight excluding hydrogens is 304 g/mol. The zero-order valence-corrected chi connectivity index (χ0v) is 14.4. The number of aryl methyl sites for hydroxylation is 1. The van der Waals surface area contributed by atoms with Gasteiger partial charge >= 0.3 is 0 Å². The van der Waals surface area contributed by atoms with Gasteiger partial charge in [-0.1, -0.05) is 49.3 Å². The van der Waals surface area contributed by atoms with Gasteiger partial charge < -0.3 is 14.6 Å². The van der Waals surface area contributed by atoms with Crippen LogP contribution in [0.3, 0.4) is 0 Å². The summed E-state index contributed by atoms with van der Waals surface area (Å²) in [6.45, 7) is 6.75. The van der Waals surface area contributed by atoms with Gasteiger partial charge in [0.15, 0.2) is 0 Å². The first-order chi connectivity index (χ1) is 11.6. The Morgan fingerprint density at radius 2 is 2.04 bits per heavy atom. The van der Waals surface area contributed by atoms with Gasteiger partial charge in [-0.15, -0.1) is 0 Å². The topological polar surface area (TPSA) is 64.4 Å². The first-order valence-corrected chi connectivity index (χ1v) is 8.50. The lowest BCUT2D eigenvalue weighted by Gasteiger charge is -2.32. The van der Waals surface area contributed by atoms with E-state index in [1.54, 1.807) is 6.92 Å². The molecule has 1 saturated heterocycles. The number of nitrogens with one attached hydrogen (secondary N) is 1. The van der Waals surface area contributed by atoms with E-state index >= 15 is 0 Å². The first-order valence-electron chi connectivity index (χ1n) is 8.50. The van der Waals surface area contributed by atoms with E-state index in [1.165, 1.54) is 0 Å². The molecule has 24 heavy (non-hydrogen) atoms. The molecule has 3 rings (SSSR count). The van der Waals surface area contributed by atoms with E-state index in [9.17, 15) is 4.79 Å². The fraction of sp³-hybridized carbons (Fsp3) is 0.474. The third kappa shape index (κ3) is 3.51. The van der Waals surface area contributed by atoms with Gasteiger partial charge in [-0.2, -0.15) is 0 Å². The maximum Gasteiger partial charge on any atom is 0.257 e. The predicted octanol–water partition coefficient (Wildman–Crippen LogP) is 3.58. The van der Waals surface area contributed by atoms with Crippen LogP contribution in [0, 0.1) is 12.8 Å². The van der Waals surface area contributed by atoms with Gasteiger partial charge in [-0.25, -0.2) is 0 Å². The number of benzene rings is 1. The van der Waals surface area contributed by atoms with Gasteiger partial charge in [0, 0.05) is 18.2 Å². The molecule has 2 heterocycles. The summed E-state index contributed by atoms with van der Waals surface area (Å²) in [5.41, 5.74) is 2.00. The minimum Gasteiger partial charge on any atom is -0.378 e. The molecule has 0 radical (unpaired) electrons. The van der Waals surface area contributed by atoms with Crippen molar-refractivity contribution >= 4 is 5.91 Å². The van der Waals surface area contributed by atoms with Crippen molar-refractivity contribution in [3.8, 4) is 11.3 Å². The second-order valence-electron chi connectivity index (χ2n) is 6.68. The maximum absolute atomic E-state index is 12.8. The molecule has 0 saturated carbocycles. The minimum atomic E-state index is -0.123. The number of hydrogen-bond acceptors (Lipinski definition) is 4. The fourth-order valence-corrected chi connectivity index (χ4v) is 3.11. The van der Waals surface area contributed by atoms with Crippen LogP contribution in [0.1, 0.15) is 42.8 Å². The molecule has 1 N–H and O–H groups in total. The number of aromatic nitrogens is 1. The van der Waals surface area contributed by atoms with Crippen LogP contribution in [0.25, 0.3) is 11.3 Å². The summed E-state index contributed by atoms with van der Waals surface area (Å²) in [7, 11) is 0. The molecule has 1 amide bonds. The molecule has 5 nitrogen and oxygen atoms in total. The second kappa shape index (κ2) is 7.18. The average molecular weight is 328 g/mol. The highest BCUT2D eigenvalue weighted by atomic mass is 16.5. The number of carbonyl (C=O) groups excluding carboxylic acids is 1. The molecule has 1 aliphatic rings. The van der Waals surface area contributed by atoms with E-state index < -0.39 is 0 Å². The summed E-state index contributed by atoms with van der Waals surface area (Å²) in [4.78, 5) is 12.8. The van der Waals surface area contributed by atoms with E-state index in [2.05, 4.69) is 24.3 Å². The Bertz CT molecular complexity index is 694. The standard InChI is InChI=1S/C19H24N2O3/c1-12(2)16-11-15(9-10-23-16)20-19(22)17-13(3)24-21-18(17)14-7-5-4-6-8-14/h4-8,12,15-16H,9-11H2,1-3H3,(H,20,22). The van der Waals surface area contributed by atoms with Crippen LogP contribution in [0.2, 0.25) is 0 Å². The quantitative estimate of drug-likeness (QED) is 0.931. The van der Waals surface area contributed by atoms with Crippen LogP contribution >= 0.6 is 0 Å². The monoisotopic (exact) mass is 328 g/mol. The molecule has 1 aromatic heterocycles. The van der Waals surface area contributed by atoms with Crippen molar-refractivity contribution in [2.75, 3.05) is 6.61 Å². The summed E-state index contributed by atoms with van der Waals surface area (Å²) < 4.78 is 11.1. The van der Waals surface area contributed by atoms with Crippen molar-refractivity contribution < 1.29 is 14.1 Å². The molecule has 1 aromatic carbocycles. The average Bonchev–Trinajstić information content (AvgIpc) is 2.97. The molecule has 5 heteroatoms. The molecule has 1 aliphatic heterocycles. The van der Waals surface area contributed by atoms with Crippen LogP contribution in [0.4, 0.5) is 0 Å². The molecule has 0 bridgehead atoms. The third-order valence-corrected chi connectivity index (χ3v) is 4.53. The Kier molecular flexibility index (Phi) is 5.00. The lowest BCUT2D eigenvalue weighted by Crippen LogP contribution is -2.43. The normalized spacial score (nSPS) is 21.0. The summed E-state index contributed by atoms with van der Waals surface area (Å²) in [5.74, 6) is 0.864. The van der Waals surface area contributed by atoms with Crippen molar-refractivity contribution in [1.82, 2.24) is 10.5 Å². The van der Waals surface area contributed by atoms with Gasteiger partial charge in [0.1, 0.15) is 17.0 Å². The Labute approximate surface area is 142 Å². The summed E-state index contributed by atoms with van der Waals surface area (Å²) >= 11 is 0. The highest BCUT2D eigenvalue weighted by molar-refractivity contribution is 6.00. The van der Waals surface area contributed by atoms with Gasteiger partial charge in [-0.05, 0) is 25.7 Å². The number of amides is 1. The van der Waals surface area contributed by atoms with E-state index in [0.717, 1.165) is 18.4 Å². The molecule has 1 fully saturated rings. The summed E-state index contributed by atoms with van der Waals surface area (Å²) in [5, 5.41) is 7.22. The van der Waals surface area contributed by atoms with Crippen molar-refractivity contribution in [3.63, 3.8) is 0 Å². The highest BCUT2D eigenvalue weighted by Gasteiger charge is 2.28. The van der Waals surface area contributed by atoms with E-state index in [0.29, 0.717) is 29.5 Å². The van der Waals surface area contributed by atoms with Gasteiger partial charge in [0.25, 0.3) is 5.91 Å². The summed E-state index contributed by atoms with van der Waals surface area (Å²) in [6.07, 6.45) is 1.87. The Hall–Kier alpha value is -2.14. The molecule has 0 spiro atoms. The van der Waals surface area contributed by atoms with Crippen molar-refractivity contribution in [1.29, 1.82) is 0 Å². The Morgan fingerprint density at radius 3 is 2.75 bits per heavy atom. The van der Waals surface area contributed by atoms with Crippen molar-refractivity contribution in [3.05, 3.63) is 41.7 Å². The SMILES string of the molecule is Cc1onc(-c2ccccc2)c1C(=O)NC1CCOC(C(C)C)C1. The largest absolute Gasteiger partial charge is 0.378 e. The van der Waals surface area contributed by atoms with Crippen LogP contribution in [0.15, 0.2) is 34.9 Å². The molecule has 0 aliphatic carbocycles. The van der Waals surface area contributed by atoms with Crippen LogP contribution in [-0.2, 0) is 4.74 Å². The number of carbonyl (C=O) groups is 1. The van der Waals surface area contributed by atoms with Gasteiger partial charge in [0.05, 0.1) is 6.10 Å². The van der Waals surface area contributed by atoms with Crippen LogP contribution in [0.5, 0.6) is 0 Å². The van der Waals surface area contributed by atoms with Gasteiger partial charge in [0.2, 0.25) is 0 Å². The number of nitrogens with zero attached hydrogens (tertiary/aromatic N) is 1. The molecule has 2 atom stereocenters. The summed E-state index contributed by atoms with van der Waals surface area (Å²) in [6, 6.07) is 9.76. The van der Waals surface area contributed by atoms with Crippen LogP contribution < -0.4 is 5.32 Å². The number of hydrogen-bond donors (Lipinski definition) is 1.